The third kappa shape index (κ3) is 4.86. The summed E-state index contributed by atoms with van der Waals surface area (Å²) in [5.41, 5.74) is 0. The van der Waals surface area contributed by atoms with Crippen LogP contribution in [0.5, 0.6) is 0 Å². The van der Waals surface area contributed by atoms with Crippen LogP contribution in [0, 0.1) is 0 Å². The molecule has 112 valence electrons. The summed E-state index contributed by atoms with van der Waals surface area (Å²) in [6, 6.07) is 6.89. The van der Waals surface area contributed by atoms with Gasteiger partial charge < -0.3 is 0 Å². The maximum Gasteiger partial charge on any atom is 0.240 e. The molecule has 1 aliphatic carbocycles. The van der Waals surface area contributed by atoms with Crippen molar-refractivity contribution in [3.05, 3.63) is 28.7 Å². The van der Waals surface area contributed by atoms with Crippen LogP contribution in [0.2, 0.25) is 0 Å². The van der Waals surface area contributed by atoms with Crippen molar-refractivity contribution in [2.75, 3.05) is 0 Å². The van der Waals surface area contributed by atoms with Gasteiger partial charge in [0.2, 0.25) is 10.0 Å². The van der Waals surface area contributed by atoms with Crippen LogP contribution in [0.1, 0.15) is 51.4 Å². The van der Waals surface area contributed by atoms with Crippen LogP contribution in [0.15, 0.2) is 33.6 Å². The van der Waals surface area contributed by atoms with E-state index in [1.54, 1.807) is 24.3 Å². The Hall–Kier alpha value is -0.390. The zero-order valence-electron chi connectivity index (χ0n) is 11.6. The predicted molar refractivity (Wildman–Crippen MR) is 85.2 cm³/mol. The Labute approximate surface area is 130 Å². The van der Waals surface area contributed by atoms with Gasteiger partial charge in [0.1, 0.15) is 0 Å². The van der Waals surface area contributed by atoms with Gasteiger partial charge >= 0.3 is 0 Å². The summed E-state index contributed by atoms with van der Waals surface area (Å²) >= 11 is 3.32. The van der Waals surface area contributed by atoms with Crippen LogP contribution < -0.4 is 4.72 Å². The lowest BCUT2D eigenvalue weighted by Gasteiger charge is -2.18. The first-order chi connectivity index (χ1) is 9.58. The fraction of sp³-hybridized carbons (Fsp3) is 0.600. The van der Waals surface area contributed by atoms with E-state index in [9.17, 15) is 8.42 Å². The molecule has 5 heteroatoms. The van der Waals surface area contributed by atoms with Crippen molar-refractivity contribution >= 4 is 26.0 Å². The van der Waals surface area contributed by atoms with Gasteiger partial charge in [0.05, 0.1) is 4.90 Å². The van der Waals surface area contributed by atoms with E-state index in [2.05, 4.69) is 20.7 Å². The average molecular weight is 360 g/mol. The van der Waals surface area contributed by atoms with Crippen LogP contribution in [0.25, 0.3) is 0 Å². The van der Waals surface area contributed by atoms with Gasteiger partial charge in [-0.25, -0.2) is 13.1 Å². The van der Waals surface area contributed by atoms with Gasteiger partial charge in [-0.2, -0.15) is 0 Å². The summed E-state index contributed by atoms with van der Waals surface area (Å²) in [6.45, 7) is 0. The normalized spacial score (nSPS) is 19.1. The molecule has 1 N–H and O–H groups in total. The first-order valence-corrected chi connectivity index (χ1v) is 9.63. The van der Waals surface area contributed by atoms with Crippen molar-refractivity contribution in [2.45, 2.75) is 62.3 Å². The largest absolute Gasteiger partial charge is 0.240 e. The van der Waals surface area contributed by atoms with E-state index < -0.39 is 10.0 Å². The molecule has 20 heavy (non-hydrogen) atoms. The average Bonchev–Trinajstić information content (AvgIpc) is 2.53. The Morgan fingerprint density at radius 2 is 1.40 bits per heavy atom. The molecule has 1 aromatic rings. The van der Waals surface area contributed by atoms with Gasteiger partial charge in [0, 0.05) is 10.5 Å². The predicted octanol–water partition coefficient (Wildman–Crippen LogP) is 4.23. The summed E-state index contributed by atoms with van der Waals surface area (Å²) in [7, 11) is -3.39. The van der Waals surface area contributed by atoms with Crippen molar-refractivity contribution < 1.29 is 8.42 Å². The first-order valence-electron chi connectivity index (χ1n) is 7.36. The van der Waals surface area contributed by atoms with E-state index in [1.807, 2.05) is 0 Å². The SMILES string of the molecule is O=S(=O)(NC1CCCCCCCC1)c1ccc(Br)cc1. The van der Waals surface area contributed by atoms with E-state index in [-0.39, 0.29) is 6.04 Å². The zero-order chi connectivity index (χ0) is 14.4. The zero-order valence-corrected chi connectivity index (χ0v) is 14.0. The molecular weight excluding hydrogens is 338 g/mol. The van der Waals surface area contributed by atoms with Crippen molar-refractivity contribution in [3.63, 3.8) is 0 Å². The molecule has 0 saturated heterocycles. The number of halogens is 1. The van der Waals surface area contributed by atoms with Crippen molar-refractivity contribution in [2.24, 2.45) is 0 Å². The molecule has 1 saturated carbocycles. The number of sulfonamides is 1. The number of hydrogen-bond acceptors (Lipinski definition) is 2. The second kappa shape index (κ2) is 7.57. The smallest absolute Gasteiger partial charge is 0.208 e. The Bertz CT molecular complexity index is 503. The fourth-order valence-electron chi connectivity index (χ4n) is 2.65. The van der Waals surface area contributed by atoms with Crippen molar-refractivity contribution in [1.82, 2.24) is 4.72 Å². The highest BCUT2D eigenvalue weighted by molar-refractivity contribution is 9.10. The highest BCUT2D eigenvalue weighted by Gasteiger charge is 2.20. The van der Waals surface area contributed by atoms with Gasteiger partial charge in [0.15, 0.2) is 0 Å². The maximum atomic E-state index is 12.4. The molecule has 0 amide bonds. The van der Waals surface area contributed by atoms with E-state index in [0.29, 0.717) is 4.90 Å². The Morgan fingerprint density at radius 1 is 0.900 bits per heavy atom. The molecule has 1 fully saturated rings. The van der Waals surface area contributed by atoms with Gasteiger partial charge in [-0.05, 0) is 37.1 Å². The molecule has 0 atom stereocenters. The van der Waals surface area contributed by atoms with Gasteiger partial charge in [0.25, 0.3) is 0 Å². The molecule has 0 spiro atoms. The van der Waals surface area contributed by atoms with Crippen LogP contribution >= 0.6 is 15.9 Å². The molecule has 0 bridgehead atoms. The van der Waals surface area contributed by atoms with Gasteiger partial charge in [-0.1, -0.05) is 54.5 Å². The fourth-order valence-corrected chi connectivity index (χ4v) is 4.22. The molecule has 1 aromatic carbocycles. The molecule has 0 heterocycles. The maximum absolute atomic E-state index is 12.4. The lowest BCUT2D eigenvalue weighted by atomic mass is 10.1. The van der Waals surface area contributed by atoms with Crippen molar-refractivity contribution in [3.8, 4) is 0 Å². The summed E-state index contributed by atoms with van der Waals surface area (Å²) in [5.74, 6) is 0. The minimum atomic E-state index is -3.39. The second-order valence-electron chi connectivity index (χ2n) is 5.47. The molecule has 0 unspecified atom stereocenters. The van der Waals surface area contributed by atoms with E-state index in [1.165, 1.54) is 25.7 Å². The molecule has 3 nitrogen and oxygen atoms in total. The standard InChI is InChI=1S/C15H22BrNO2S/c16-13-9-11-15(12-10-13)20(18,19)17-14-7-5-3-1-2-4-6-8-14/h9-12,14,17H,1-8H2. The minimum absolute atomic E-state index is 0.0850. The van der Waals surface area contributed by atoms with Crippen LogP contribution in [0.4, 0.5) is 0 Å². The van der Waals surface area contributed by atoms with E-state index >= 15 is 0 Å². The number of nitrogens with one attached hydrogen (secondary N) is 1. The molecule has 1 aliphatic rings. The minimum Gasteiger partial charge on any atom is -0.208 e. The second-order valence-corrected chi connectivity index (χ2v) is 8.10. The number of rotatable bonds is 3. The lowest BCUT2D eigenvalue weighted by molar-refractivity contribution is 0.482. The van der Waals surface area contributed by atoms with E-state index in [4.69, 9.17) is 0 Å². The third-order valence-electron chi connectivity index (χ3n) is 3.80. The highest BCUT2D eigenvalue weighted by Crippen LogP contribution is 2.20. The summed E-state index contributed by atoms with van der Waals surface area (Å²) in [5, 5.41) is 0. The molecule has 0 aliphatic heterocycles. The molecule has 0 aromatic heterocycles. The number of hydrogen-bond donors (Lipinski definition) is 1. The monoisotopic (exact) mass is 359 g/mol. The Morgan fingerprint density at radius 3 is 1.95 bits per heavy atom. The summed E-state index contributed by atoms with van der Waals surface area (Å²) in [4.78, 5) is 0.348. The number of benzene rings is 1. The van der Waals surface area contributed by atoms with Crippen LogP contribution in [-0.4, -0.2) is 14.5 Å². The lowest BCUT2D eigenvalue weighted by Crippen LogP contribution is -2.34. The van der Waals surface area contributed by atoms with Crippen molar-refractivity contribution in [1.29, 1.82) is 0 Å². The Kier molecular flexibility index (Phi) is 6.05. The highest BCUT2D eigenvalue weighted by atomic mass is 79.9. The molecular formula is C15H22BrNO2S. The van der Waals surface area contributed by atoms with E-state index in [0.717, 1.165) is 30.2 Å². The Balaban J connectivity index is 2.03. The quantitative estimate of drug-likeness (QED) is 0.877. The first kappa shape index (κ1) is 16.0. The van der Waals surface area contributed by atoms with Gasteiger partial charge in [-0.15, -0.1) is 0 Å². The molecule has 2 rings (SSSR count). The van der Waals surface area contributed by atoms with Crippen LogP contribution in [-0.2, 0) is 10.0 Å². The third-order valence-corrected chi connectivity index (χ3v) is 5.87. The summed E-state index contributed by atoms with van der Waals surface area (Å²) in [6.07, 6.45) is 9.15. The van der Waals surface area contributed by atoms with Crippen LogP contribution in [0.3, 0.4) is 0 Å². The molecule has 0 radical (unpaired) electrons. The van der Waals surface area contributed by atoms with Gasteiger partial charge in [-0.3, -0.25) is 0 Å². The topological polar surface area (TPSA) is 46.2 Å². The summed E-state index contributed by atoms with van der Waals surface area (Å²) < 4.78 is 28.5.